The van der Waals surface area contributed by atoms with Gasteiger partial charge in [0.05, 0.1) is 16.1 Å². The molecule has 1 heterocycles. The molecule has 0 aliphatic rings. The fourth-order valence-corrected chi connectivity index (χ4v) is 2.01. The van der Waals surface area contributed by atoms with Gasteiger partial charge in [-0.25, -0.2) is 18.2 Å². The van der Waals surface area contributed by atoms with E-state index in [0.29, 0.717) is 0 Å². The Balaban J connectivity index is 2.27. The van der Waals surface area contributed by atoms with E-state index < -0.39 is 17.5 Å². The van der Waals surface area contributed by atoms with Gasteiger partial charge in [-0.2, -0.15) is 0 Å². The molecular formula is C13H6ClF3N2. The highest BCUT2D eigenvalue weighted by molar-refractivity contribution is 6.31. The standard InChI is InChI=1S/C13H6ClF3N2/c14-7-3-1-2-6(10(7)16)13-18-9-5-4-8(15)11(17)12(9)19-13/h1-5H,(H,18,19). The van der Waals surface area contributed by atoms with Crippen LogP contribution in [0.15, 0.2) is 30.3 Å². The molecule has 0 bridgehead atoms. The number of aromatic amines is 1. The van der Waals surface area contributed by atoms with Gasteiger partial charge in [-0.05, 0) is 24.3 Å². The highest BCUT2D eigenvalue weighted by Gasteiger charge is 2.16. The number of nitrogens with one attached hydrogen (secondary N) is 1. The minimum Gasteiger partial charge on any atom is -0.338 e. The second-order valence-corrected chi connectivity index (χ2v) is 4.35. The summed E-state index contributed by atoms with van der Waals surface area (Å²) in [5, 5.41) is -0.0652. The Hall–Kier alpha value is -2.01. The molecule has 96 valence electrons. The lowest BCUT2D eigenvalue weighted by Gasteiger charge is -2.00. The van der Waals surface area contributed by atoms with E-state index in [1.165, 1.54) is 18.2 Å². The molecule has 2 aromatic carbocycles. The molecule has 0 spiro atoms. The summed E-state index contributed by atoms with van der Waals surface area (Å²) < 4.78 is 40.4. The van der Waals surface area contributed by atoms with Gasteiger partial charge >= 0.3 is 0 Å². The molecule has 0 radical (unpaired) electrons. The molecule has 1 aromatic heterocycles. The van der Waals surface area contributed by atoms with Gasteiger partial charge in [-0.15, -0.1) is 0 Å². The van der Waals surface area contributed by atoms with Gasteiger partial charge < -0.3 is 4.98 Å². The number of benzene rings is 2. The number of hydrogen-bond acceptors (Lipinski definition) is 1. The van der Waals surface area contributed by atoms with Crippen molar-refractivity contribution in [3.05, 3.63) is 52.8 Å². The van der Waals surface area contributed by atoms with Crippen LogP contribution in [0.25, 0.3) is 22.4 Å². The number of rotatable bonds is 1. The molecule has 0 unspecified atom stereocenters. The molecule has 0 aliphatic heterocycles. The first kappa shape index (κ1) is 12.0. The van der Waals surface area contributed by atoms with Crippen LogP contribution >= 0.6 is 11.6 Å². The number of hydrogen-bond donors (Lipinski definition) is 1. The van der Waals surface area contributed by atoms with Crippen molar-refractivity contribution in [3.63, 3.8) is 0 Å². The third-order valence-electron chi connectivity index (χ3n) is 2.75. The molecule has 0 amide bonds. The molecule has 1 N–H and O–H groups in total. The number of imidazole rings is 1. The van der Waals surface area contributed by atoms with Crippen LogP contribution in [0, 0.1) is 17.5 Å². The quantitative estimate of drug-likeness (QED) is 0.708. The Morgan fingerprint density at radius 3 is 2.58 bits per heavy atom. The lowest BCUT2D eigenvalue weighted by molar-refractivity contribution is 0.515. The molecule has 0 atom stereocenters. The first-order chi connectivity index (χ1) is 9.08. The maximum atomic E-state index is 13.8. The predicted molar refractivity (Wildman–Crippen MR) is 66.4 cm³/mol. The van der Waals surface area contributed by atoms with E-state index in [4.69, 9.17) is 11.6 Å². The van der Waals surface area contributed by atoms with Gasteiger partial charge in [0.1, 0.15) is 11.3 Å². The van der Waals surface area contributed by atoms with Gasteiger partial charge in [0, 0.05) is 0 Å². The van der Waals surface area contributed by atoms with Crippen LogP contribution in [0.2, 0.25) is 5.02 Å². The van der Waals surface area contributed by atoms with Crippen LogP contribution < -0.4 is 0 Å². The number of H-pyrrole nitrogens is 1. The van der Waals surface area contributed by atoms with Crippen molar-refractivity contribution in [1.29, 1.82) is 0 Å². The fourth-order valence-electron chi connectivity index (χ4n) is 1.83. The Kier molecular flexibility index (Phi) is 2.71. The van der Waals surface area contributed by atoms with Crippen LogP contribution in [0.3, 0.4) is 0 Å². The van der Waals surface area contributed by atoms with Crippen molar-refractivity contribution in [2.24, 2.45) is 0 Å². The van der Waals surface area contributed by atoms with Crippen molar-refractivity contribution in [3.8, 4) is 11.4 Å². The summed E-state index contributed by atoms with van der Waals surface area (Å²) in [6.45, 7) is 0. The van der Waals surface area contributed by atoms with Gasteiger partial charge in [-0.3, -0.25) is 0 Å². The molecule has 0 fully saturated rings. The minimum atomic E-state index is -1.07. The van der Waals surface area contributed by atoms with E-state index >= 15 is 0 Å². The first-order valence-corrected chi connectivity index (χ1v) is 5.74. The van der Waals surface area contributed by atoms with Crippen molar-refractivity contribution in [2.75, 3.05) is 0 Å². The van der Waals surface area contributed by atoms with Crippen LogP contribution in [-0.2, 0) is 0 Å². The second kappa shape index (κ2) is 4.28. The molecule has 3 rings (SSSR count). The molecule has 0 aliphatic carbocycles. The molecule has 19 heavy (non-hydrogen) atoms. The summed E-state index contributed by atoms with van der Waals surface area (Å²) in [7, 11) is 0. The number of aromatic nitrogens is 2. The van der Waals surface area contributed by atoms with Crippen molar-refractivity contribution in [2.45, 2.75) is 0 Å². The third kappa shape index (κ3) is 1.86. The molecule has 0 saturated heterocycles. The van der Waals surface area contributed by atoms with E-state index in [2.05, 4.69) is 9.97 Å². The Labute approximate surface area is 110 Å². The van der Waals surface area contributed by atoms with Gasteiger partial charge in [0.15, 0.2) is 17.5 Å². The Morgan fingerprint density at radius 2 is 1.79 bits per heavy atom. The second-order valence-electron chi connectivity index (χ2n) is 3.94. The van der Waals surface area contributed by atoms with Crippen LogP contribution in [-0.4, -0.2) is 9.97 Å². The van der Waals surface area contributed by atoms with E-state index in [1.54, 1.807) is 6.07 Å². The average Bonchev–Trinajstić information content (AvgIpc) is 2.82. The highest BCUT2D eigenvalue weighted by Crippen LogP contribution is 2.28. The summed E-state index contributed by atoms with van der Waals surface area (Å²) in [5.74, 6) is -2.64. The predicted octanol–water partition coefficient (Wildman–Crippen LogP) is 4.30. The van der Waals surface area contributed by atoms with E-state index in [1.807, 2.05) is 0 Å². The van der Waals surface area contributed by atoms with E-state index in [9.17, 15) is 13.2 Å². The fraction of sp³-hybridized carbons (Fsp3) is 0. The topological polar surface area (TPSA) is 28.7 Å². The van der Waals surface area contributed by atoms with Crippen molar-refractivity contribution in [1.82, 2.24) is 9.97 Å². The Bertz CT molecular complexity index is 783. The van der Waals surface area contributed by atoms with Gasteiger partial charge in [-0.1, -0.05) is 17.7 Å². The third-order valence-corrected chi connectivity index (χ3v) is 3.04. The van der Waals surface area contributed by atoms with Gasteiger partial charge in [0.2, 0.25) is 0 Å². The minimum absolute atomic E-state index is 0.0652. The Morgan fingerprint density at radius 1 is 1.00 bits per heavy atom. The zero-order valence-corrected chi connectivity index (χ0v) is 10.1. The highest BCUT2D eigenvalue weighted by atomic mass is 35.5. The lowest BCUT2D eigenvalue weighted by Crippen LogP contribution is -1.87. The summed E-state index contributed by atoms with van der Waals surface area (Å²) in [6.07, 6.45) is 0. The largest absolute Gasteiger partial charge is 0.338 e. The molecule has 0 saturated carbocycles. The average molecular weight is 283 g/mol. The molecular weight excluding hydrogens is 277 g/mol. The van der Waals surface area contributed by atoms with E-state index in [0.717, 1.165) is 6.07 Å². The van der Waals surface area contributed by atoms with Crippen LogP contribution in [0.4, 0.5) is 13.2 Å². The summed E-state index contributed by atoms with van der Waals surface area (Å²) in [4.78, 5) is 6.61. The molecule has 6 heteroatoms. The number of fused-ring (bicyclic) bond motifs is 1. The molecule has 2 nitrogen and oxygen atoms in total. The maximum Gasteiger partial charge on any atom is 0.186 e. The van der Waals surface area contributed by atoms with E-state index in [-0.39, 0.29) is 27.4 Å². The lowest BCUT2D eigenvalue weighted by atomic mass is 10.2. The SMILES string of the molecule is Fc1ccc2[nH]c(-c3cccc(Cl)c3F)nc2c1F. The van der Waals surface area contributed by atoms with Crippen molar-refractivity contribution < 1.29 is 13.2 Å². The van der Waals surface area contributed by atoms with Crippen molar-refractivity contribution >= 4 is 22.6 Å². The maximum absolute atomic E-state index is 13.8. The summed E-state index contributed by atoms with van der Waals surface area (Å²) >= 11 is 5.67. The summed E-state index contributed by atoms with van der Waals surface area (Å²) in [5.41, 5.74) is 0.214. The van der Waals surface area contributed by atoms with Gasteiger partial charge in [0.25, 0.3) is 0 Å². The summed E-state index contributed by atoms with van der Waals surface area (Å²) in [6, 6.07) is 6.71. The number of nitrogens with zero attached hydrogens (tertiary/aromatic N) is 1. The normalized spacial score (nSPS) is 11.2. The molecule has 3 aromatic rings. The van der Waals surface area contributed by atoms with Crippen LogP contribution in [0.1, 0.15) is 0 Å². The number of halogens is 4. The zero-order valence-electron chi connectivity index (χ0n) is 9.35. The first-order valence-electron chi connectivity index (χ1n) is 5.36. The zero-order chi connectivity index (χ0) is 13.6. The van der Waals surface area contributed by atoms with Crippen LogP contribution in [0.5, 0.6) is 0 Å². The monoisotopic (exact) mass is 282 g/mol. The smallest absolute Gasteiger partial charge is 0.186 e.